The molecule has 7 nitrogen and oxygen atoms in total. The van der Waals surface area contributed by atoms with Gasteiger partial charge in [-0.15, -0.1) is 0 Å². The van der Waals surface area contributed by atoms with E-state index in [1.807, 2.05) is 0 Å². The van der Waals surface area contributed by atoms with Crippen LogP contribution in [-0.4, -0.2) is 44.6 Å². The summed E-state index contributed by atoms with van der Waals surface area (Å²) in [7, 11) is 1.73. The number of carbonyl (C=O) groups excluding carboxylic acids is 1. The van der Waals surface area contributed by atoms with Gasteiger partial charge in [0.1, 0.15) is 11.4 Å². The molecule has 0 unspecified atom stereocenters. The predicted molar refractivity (Wildman–Crippen MR) is 82.9 cm³/mol. The number of hydrogen-bond acceptors (Lipinski definition) is 5. The van der Waals surface area contributed by atoms with Crippen LogP contribution in [0, 0.1) is 0 Å². The van der Waals surface area contributed by atoms with Gasteiger partial charge in [0.15, 0.2) is 0 Å². The fourth-order valence-electron chi connectivity index (χ4n) is 2.72. The number of aromatic nitrogens is 4. The lowest BCUT2D eigenvalue weighted by molar-refractivity contribution is -0.141. The normalized spacial score (nSPS) is 16.1. The number of alkyl halides is 3. The Balaban J connectivity index is 1.59. The average Bonchev–Trinajstić information content (AvgIpc) is 3.01. The third-order valence-electron chi connectivity index (χ3n) is 4.10. The Morgan fingerprint density at radius 3 is 2.64 bits per heavy atom. The van der Waals surface area contributed by atoms with Gasteiger partial charge in [-0.3, -0.25) is 4.79 Å². The third-order valence-corrected chi connectivity index (χ3v) is 4.10. The Labute approximate surface area is 141 Å². The molecule has 1 N–H and O–H groups in total. The summed E-state index contributed by atoms with van der Waals surface area (Å²) in [6.07, 6.45) is 0.852. The highest BCUT2D eigenvalue weighted by atomic mass is 19.4. The van der Waals surface area contributed by atoms with Crippen LogP contribution >= 0.6 is 0 Å². The van der Waals surface area contributed by atoms with Crippen LogP contribution in [0.15, 0.2) is 24.8 Å². The molecule has 0 spiro atoms. The number of nitrogens with one attached hydrogen (secondary N) is 1. The van der Waals surface area contributed by atoms with E-state index in [9.17, 15) is 18.0 Å². The lowest BCUT2D eigenvalue weighted by Crippen LogP contribution is -2.45. The van der Waals surface area contributed by atoms with Gasteiger partial charge in [-0.2, -0.15) is 13.2 Å². The minimum Gasteiger partial charge on any atom is -0.348 e. The summed E-state index contributed by atoms with van der Waals surface area (Å²) in [6, 6.07) is 0.800. The molecule has 1 aliphatic rings. The van der Waals surface area contributed by atoms with Gasteiger partial charge in [0.25, 0.3) is 5.91 Å². The Kier molecular flexibility index (Phi) is 4.60. The number of halogens is 3. The van der Waals surface area contributed by atoms with E-state index in [0.717, 1.165) is 12.3 Å². The smallest absolute Gasteiger partial charge is 0.348 e. The molecule has 0 bridgehead atoms. The second kappa shape index (κ2) is 6.69. The summed E-state index contributed by atoms with van der Waals surface area (Å²) in [5.41, 5.74) is -0.493. The van der Waals surface area contributed by atoms with Crippen LogP contribution in [0.3, 0.4) is 0 Å². The second-order valence-corrected chi connectivity index (χ2v) is 5.86. The molecule has 10 heteroatoms. The van der Waals surface area contributed by atoms with E-state index in [2.05, 4.69) is 20.3 Å². The number of nitrogens with zero attached hydrogens (tertiary/aromatic N) is 5. The molecule has 0 saturated carbocycles. The summed E-state index contributed by atoms with van der Waals surface area (Å²) in [5, 5.41) is 2.92. The summed E-state index contributed by atoms with van der Waals surface area (Å²) in [4.78, 5) is 25.3. The van der Waals surface area contributed by atoms with E-state index >= 15 is 0 Å². The molecule has 0 atom stereocenters. The van der Waals surface area contributed by atoms with Crippen LogP contribution in [0.2, 0.25) is 0 Å². The number of rotatable bonds is 3. The van der Waals surface area contributed by atoms with Gasteiger partial charge in [0, 0.05) is 32.4 Å². The van der Waals surface area contributed by atoms with Crippen molar-refractivity contribution in [1.82, 2.24) is 24.8 Å². The first-order valence-electron chi connectivity index (χ1n) is 7.77. The summed E-state index contributed by atoms with van der Waals surface area (Å²) < 4.78 is 39.9. The van der Waals surface area contributed by atoms with E-state index in [4.69, 9.17) is 0 Å². The zero-order valence-electron chi connectivity index (χ0n) is 13.5. The fourth-order valence-corrected chi connectivity index (χ4v) is 2.72. The molecule has 3 heterocycles. The lowest BCUT2D eigenvalue weighted by atomic mass is 10.1. The number of amides is 1. The van der Waals surface area contributed by atoms with Crippen molar-refractivity contribution in [1.29, 1.82) is 0 Å². The fraction of sp³-hybridized carbons (Fsp3) is 0.467. The third kappa shape index (κ3) is 3.89. The van der Waals surface area contributed by atoms with Crippen molar-refractivity contribution in [2.75, 3.05) is 18.0 Å². The van der Waals surface area contributed by atoms with E-state index in [1.165, 1.54) is 6.20 Å². The van der Waals surface area contributed by atoms with Crippen molar-refractivity contribution in [3.8, 4) is 0 Å². The second-order valence-electron chi connectivity index (χ2n) is 5.86. The monoisotopic (exact) mass is 354 g/mol. The van der Waals surface area contributed by atoms with Crippen molar-refractivity contribution in [3.05, 3.63) is 36.2 Å². The van der Waals surface area contributed by atoms with Crippen LogP contribution in [0.5, 0.6) is 0 Å². The van der Waals surface area contributed by atoms with E-state index in [-0.39, 0.29) is 17.9 Å². The first-order chi connectivity index (χ1) is 11.8. The van der Waals surface area contributed by atoms with Crippen molar-refractivity contribution >= 4 is 11.9 Å². The van der Waals surface area contributed by atoms with Gasteiger partial charge in [-0.25, -0.2) is 15.0 Å². The van der Waals surface area contributed by atoms with Crippen LogP contribution in [-0.2, 0) is 13.2 Å². The maximum absolute atomic E-state index is 12.7. The molecule has 0 aromatic carbocycles. The molecule has 0 radical (unpaired) electrons. The molecule has 134 valence electrons. The topological polar surface area (TPSA) is 75.9 Å². The van der Waals surface area contributed by atoms with Crippen molar-refractivity contribution in [3.63, 3.8) is 0 Å². The molecule has 2 aromatic rings. The minimum atomic E-state index is -4.49. The van der Waals surface area contributed by atoms with Crippen LogP contribution in [0.1, 0.15) is 29.0 Å². The summed E-state index contributed by atoms with van der Waals surface area (Å²) in [6.45, 7) is 0.940. The minimum absolute atomic E-state index is 0.0514. The largest absolute Gasteiger partial charge is 0.433 e. The van der Waals surface area contributed by atoms with Crippen LogP contribution in [0.4, 0.5) is 19.1 Å². The zero-order chi connectivity index (χ0) is 18.0. The molecule has 1 fully saturated rings. The molecule has 2 aromatic heterocycles. The highest BCUT2D eigenvalue weighted by Crippen LogP contribution is 2.28. The molecule has 1 saturated heterocycles. The van der Waals surface area contributed by atoms with Gasteiger partial charge in [0.2, 0.25) is 5.95 Å². The quantitative estimate of drug-likeness (QED) is 0.907. The van der Waals surface area contributed by atoms with Gasteiger partial charge in [0.05, 0.1) is 12.5 Å². The maximum atomic E-state index is 12.7. The van der Waals surface area contributed by atoms with E-state index < -0.39 is 11.9 Å². The Hall–Kier alpha value is -2.65. The van der Waals surface area contributed by atoms with Crippen molar-refractivity contribution in [2.24, 2.45) is 7.05 Å². The van der Waals surface area contributed by atoms with Crippen molar-refractivity contribution in [2.45, 2.75) is 25.1 Å². The zero-order valence-corrected chi connectivity index (χ0v) is 13.5. The van der Waals surface area contributed by atoms with Gasteiger partial charge in [-0.1, -0.05) is 0 Å². The molecular formula is C15H17F3N6O. The Morgan fingerprint density at radius 2 is 2.04 bits per heavy atom. The number of carbonyl (C=O) groups is 1. The molecular weight excluding hydrogens is 337 g/mol. The van der Waals surface area contributed by atoms with Gasteiger partial charge in [-0.05, 0) is 18.9 Å². The Morgan fingerprint density at radius 1 is 1.32 bits per heavy atom. The average molecular weight is 354 g/mol. The van der Waals surface area contributed by atoms with E-state index in [1.54, 1.807) is 22.8 Å². The van der Waals surface area contributed by atoms with E-state index in [0.29, 0.717) is 31.6 Å². The number of piperidine rings is 1. The standard InChI is InChI=1S/C15H17F3N6O/c1-23-9-19-8-11(23)13(25)21-10-3-6-24(7-4-10)14-20-5-2-12(22-14)15(16,17)18/h2,5,8-10H,3-4,6-7H2,1H3,(H,21,25). The lowest BCUT2D eigenvalue weighted by Gasteiger charge is -2.32. The summed E-state index contributed by atoms with van der Waals surface area (Å²) >= 11 is 0. The molecule has 1 aliphatic heterocycles. The molecule has 1 amide bonds. The SMILES string of the molecule is Cn1cncc1C(=O)NC1CCN(c2nccc(C(F)(F)F)n2)CC1. The molecule has 3 rings (SSSR count). The van der Waals surface area contributed by atoms with Crippen LogP contribution in [0.25, 0.3) is 0 Å². The van der Waals surface area contributed by atoms with Gasteiger partial charge >= 0.3 is 6.18 Å². The maximum Gasteiger partial charge on any atom is 0.433 e. The number of aryl methyl sites for hydroxylation is 1. The highest BCUT2D eigenvalue weighted by Gasteiger charge is 2.33. The van der Waals surface area contributed by atoms with Crippen molar-refractivity contribution < 1.29 is 18.0 Å². The molecule has 0 aliphatic carbocycles. The molecule has 25 heavy (non-hydrogen) atoms. The van der Waals surface area contributed by atoms with Crippen LogP contribution < -0.4 is 10.2 Å². The predicted octanol–water partition coefficient (Wildman–Crippen LogP) is 1.63. The highest BCUT2D eigenvalue weighted by molar-refractivity contribution is 5.92. The first kappa shape index (κ1) is 17.2. The first-order valence-corrected chi connectivity index (χ1v) is 7.77. The van der Waals surface area contributed by atoms with Gasteiger partial charge < -0.3 is 14.8 Å². The Bertz CT molecular complexity index is 752. The number of hydrogen-bond donors (Lipinski definition) is 1. The number of anilines is 1. The number of imidazole rings is 1. The summed E-state index contributed by atoms with van der Waals surface area (Å²) in [5.74, 6) is -0.153.